The van der Waals surface area contributed by atoms with Gasteiger partial charge in [-0.15, -0.1) is 11.3 Å². The number of nitrogen functional groups attached to an aromatic ring is 1. The van der Waals surface area contributed by atoms with Crippen molar-refractivity contribution in [2.24, 2.45) is 0 Å². The van der Waals surface area contributed by atoms with Crippen LogP contribution in [0.2, 0.25) is 0 Å². The molecule has 0 radical (unpaired) electrons. The number of rotatable bonds is 2. The van der Waals surface area contributed by atoms with Crippen LogP contribution in [0.4, 0.5) is 14.7 Å². The van der Waals surface area contributed by atoms with Gasteiger partial charge < -0.3 is 10.3 Å². The Morgan fingerprint density at radius 3 is 2.53 bits per heavy atom. The zero-order valence-corrected chi connectivity index (χ0v) is 10.4. The van der Waals surface area contributed by atoms with E-state index in [1.54, 1.807) is 0 Å². The molecule has 0 bridgehead atoms. The van der Waals surface area contributed by atoms with E-state index in [4.69, 9.17) is 10.3 Å². The maximum atomic E-state index is 13.3. The second-order valence-corrected chi connectivity index (χ2v) is 4.85. The van der Waals surface area contributed by atoms with E-state index in [0.29, 0.717) is 16.8 Å². The molecule has 0 aliphatic carbocycles. The molecule has 0 saturated heterocycles. The summed E-state index contributed by atoms with van der Waals surface area (Å²) < 4.78 is 31.5. The molecule has 19 heavy (non-hydrogen) atoms. The van der Waals surface area contributed by atoms with Crippen molar-refractivity contribution in [3.8, 4) is 21.7 Å². The lowest BCUT2D eigenvalue weighted by Gasteiger charge is -2.01. The number of nitrogens with zero attached hydrogens (tertiary/aromatic N) is 1. The fourth-order valence-electron chi connectivity index (χ4n) is 1.85. The molecule has 0 atom stereocenters. The quantitative estimate of drug-likeness (QED) is 0.772. The predicted molar refractivity (Wildman–Crippen MR) is 69.6 cm³/mol. The van der Waals surface area contributed by atoms with Crippen LogP contribution in [-0.2, 0) is 0 Å². The van der Waals surface area contributed by atoms with E-state index >= 15 is 0 Å². The van der Waals surface area contributed by atoms with Crippen molar-refractivity contribution in [1.82, 2.24) is 5.16 Å². The molecule has 0 saturated carbocycles. The molecular weight excluding hydrogens is 270 g/mol. The molecule has 0 aliphatic heterocycles. The van der Waals surface area contributed by atoms with E-state index in [0.717, 1.165) is 10.9 Å². The molecule has 0 aliphatic rings. The summed E-state index contributed by atoms with van der Waals surface area (Å²) in [7, 11) is 0. The minimum absolute atomic E-state index is 0.127. The summed E-state index contributed by atoms with van der Waals surface area (Å²) in [4.78, 5) is 0.832. The van der Waals surface area contributed by atoms with E-state index in [9.17, 15) is 8.78 Å². The Labute approximate surface area is 111 Å². The molecule has 3 nitrogen and oxygen atoms in total. The van der Waals surface area contributed by atoms with Gasteiger partial charge in [-0.3, -0.25) is 0 Å². The maximum Gasteiger partial charge on any atom is 0.231 e. The van der Waals surface area contributed by atoms with Gasteiger partial charge in [-0.25, -0.2) is 8.78 Å². The third kappa shape index (κ3) is 2.10. The highest BCUT2D eigenvalue weighted by Gasteiger charge is 2.19. The molecule has 96 valence electrons. The molecule has 0 fully saturated rings. The molecule has 0 spiro atoms. The van der Waals surface area contributed by atoms with E-state index in [1.165, 1.54) is 23.5 Å². The molecule has 2 aromatic heterocycles. The molecule has 0 unspecified atom stereocenters. The molecule has 3 aromatic rings. The fourth-order valence-corrected chi connectivity index (χ4v) is 2.63. The summed E-state index contributed by atoms with van der Waals surface area (Å²) in [6, 6.07) is 6.88. The van der Waals surface area contributed by atoms with Crippen LogP contribution in [-0.4, -0.2) is 5.16 Å². The molecule has 3 rings (SSSR count). The van der Waals surface area contributed by atoms with Crippen LogP contribution in [0.1, 0.15) is 0 Å². The number of hydrogen-bond donors (Lipinski definition) is 1. The first-order valence-electron chi connectivity index (χ1n) is 5.40. The van der Waals surface area contributed by atoms with Crippen molar-refractivity contribution in [2.45, 2.75) is 0 Å². The molecule has 0 amide bonds. The highest BCUT2D eigenvalue weighted by atomic mass is 32.1. The number of benzene rings is 1. The molecule has 2 N–H and O–H groups in total. The van der Waals surface area contributed by atoms with Crippen LogP contribution < -0.4 is 5.73 Å². The second kappa shape index (κ2) is 4.47. The standard InChI is InChI=1S/C13H8F2N2OS/c14-8-4-7(5-9(15)6-8)12-11(13(16)18-17-12)10-2-1-3-19-10/h1-6H,16H2. The van der Waals surface area contributed by atoms with Gasteiger partial charge in [-0.1, -0.05) is 11.2 Å². The van der Waals surface area contributed by atoms with Gasteiger partial charge in [-0.05, 0) is 23.6 Å². The van der Waals surface area contributed by atoms with Crippen LogP contribution >= 0.6 is 11.3 Å². The van der Waals surface area contributed by atoms with Gasteiger partial charge in [0.2, 0.25) is 5.88 Å². The SMILES string of the molecule is Nc1onc(-c2cc(F)cc(F)c2)c1-c1cccs1. The van der Waals surface area contributed by atoms with Crippen LogP contribution in [0, 0.1) is 11.6 Å². The van der Waals surface area contributed by atoms with Crippen LogP contribution in [0.3, 0.4) is 0 Å². The normalized spacial score (nSPS) is 10.8. The highest BCUT2D eigenvalue weighted by Crippen LogP contribution is 2.38. The minimum atomic E-state index is -0.672. The smallest absolute Gasteiger partial charge is 0.231 e. The Kier molecular flexibility index (Phi) is 2.79. The van der Waals surface area contributed by atoms with Crippen molar-refractivity contribution in [3.63, 3.8) is 0 Å². The summed E-state index contributed by atoms with van der Waals surface area (Å²) in [5.41, 5.74) is 6.92. The number of halogens is 2. The lowest BCUT2D eigenvalue weighted by atomic mass is 10.1. The Morgan fingerprint density at radius 1 is 1.16 bits per heavy atom. The zero-order chi connectivity index (χ0) is 13.4. The van der Waals surface area contributed by atoms with Crippen molar-refractivity contribution in [2.75, 3.05) is 5.73 Å². The van der Waals surface area contributed by atoms with Crippen LogP contribution in [0.25, 0.3) is 21.7 Å². The summed E-state index contributed by atoms with van der Waals surface area (Å²) in [6.45, 7) is 0. The fraction of sp³-hybridized carbons (Fsp3) is 0. The monoisotopic (exact) mass is 278 g/mol. The van der Waals surface area contributed by atoms with Gasteiger partial charge in [0.25, 0.3) is 0 Å². The van der Waals surface area contributed by atoms with E-state index < -0.39 is 11.6 Å². The van der Waals surface area contributed by atoms with E-state index in [-0.39, 0.29) is 5.88 Å². The Balaban J connectivity index is 2.21. The molecule has 6 heteroatoms. The first kappa shape index (κ1) is 11.9. The van der Waals surface area contributed by atoms with Gasteiger partial charge in [0.1, 0.15) is 17.3 Å². The van der Waals surface area contributed by atoms with Gasteiger partial charge in [-0.2, -0.15) is 0 Å². The van der Waals surface area contributed by atoms with Crippen LogP contribution in [0.15, 0.2) is 40.2 Å². The number of thiophene rings is 1. The van der Waals surface area contributed by atoms with Gasteiger partial charge in [0.15, 0.2) is 0 Å². The predicted octanol–water partition coefficient (Wildman–Crippen LogP) is 3.93. The molecular formula is C13H8F2N2OS. The third-order valence-electron chi connectivity index (χ3n) is 2.62. The summed E-state index contributed by atoms with van der Waals surface area (Å²) in [6.07, 6.45) is 0. The topological polar surface area (TPSA) is 52.0 Å². The van der Waals surface area contributed by atoms with Crippen molar-refractivity contribution >= 4 is 17.2 Å². The molecule has 2 heterocycles. The second-order valence-electron chi connectivity index (χ2n) is 3.91. The average molecular weight is 278 g/mol. The maximum absolute atomic E-state index is 13.3. The number of hydrogen-bond acceptors (Lipinski definition) is 4. The van der Waals surface area contributed by atoms with E-state index in [2.05, 4.69) is 5.16 Å². The Bertz CT molecular complexity index is 702. The lowest BCUT2D eigenvalue weighted by Crippen LogP contribution is -1.88. The van der Waals surface area contributed by atoms with Gasteiger partial charge >= 0.3 is 0 Å². The summed E-state index contributed by atoms with van der Waals surface area (Å²) >= 11 is 1.44. The largest absolute Gasteiger partial charge is 0.367 e. The molecule has 1 aromatic carbocycles. The first-order valence-corrected chi connectivity index (χ1v) is 6.28. The summed E-state index contributed by atoms with van der Waals surface area (Å²) in [5.74, 6) is -1.22. The third-order valence-corrected chi connectivity index (χ3v) is 3.51. The zero-order valence-electron chi connectivity index (χ0n) is 9.56. The van der Waals surface area contributed by atoms with Crippen molar-refractivity contribution < 1.29 is 13.3 Å². The average Bonchev–Trinajstić information content (AvgIpc) is 2.96. The van der Waals surface area contributed by atoms with Crippen LogP contribution in [0.5, 0.6) is 0 Å². The van der Waals surface area contributed by atoms with Gasteiger partial charge in [0.05, 0.1) is 5.56 Å². The Hall–Kier alpha value is -2.21. The first-order chi connectivity index (χ1) is 9.15. The minimum Gasteiger partial charge on any atom is -0.367 e. The number of nitrogens with two attached hydrogens (primary N) is 1. The van der Waals surface area contributed by atoms with Crippen molar-refractivity contribution in [3.05, 3.63) is 47.3 Å². The van der Waals surface area contributed by atoms with E-state index in [1.807, 2.05) is 17.5 Å². The summed E-state index contributed by atoms with van der Waals surface area (Å²) in [5, 5.41) is 5.67. The number of anilines is 1. The lowest BCUT2D eigenvalue weighted by molar-refractivity contribution is 0.439. The van der Waals surface area contributed by atoms with Gasteiger partial charge in [0, 0.05) is 16.5 Å². The van der Waals surface area contributed by atoms with Crippen molar-refractivity contribution in [1.29, 1.82) is 0 Å². The Morgan fingerprint density at radius 2 is 1.89 bits per heavy atom. The highest BCUT2D eigenvalue weighted by molar-refractivity contribution is 7.13. The number of aromatic nitrogens is 1.